The number of hydrogen-bond acceptors (Lipinski definition) is 0. The molecule has 0 N–H and O–H groups in total. The molecule has 0 aliphatic carbocycles. The predicted octanol–water partition coefficient (Wildman–Crippen LogP) is 8.51. The topological polar surface area (TPSA) is 0 Å². The molecule has 0 bridgehead atoms. The number of hydrogen-bond donors (Lipinski definition) is 0. The van der Waals surface area contributed by atoms with E-state index in [0.717, 1.165) is 0 Å². The van der Waals surface area contributed by atoms with Crippen LogP contribution >= 0.6 is 0 Å². The molecule has 0 atom stereocenters. The molecular formula is C26H39Ge+. The zero-order valence-electron chi connectivity index (χ0n) is 17.8. The van der Waals surface area contributed by atoms with Gasteiger partial charge in [0.15, 0.2) is 0 Å². The fraction of sp³-hybridized carbons (Fsp3) is 0.500. The number of unbranched alkanes of at least 4 members (excludes halogenated alkanes) is 3. The summed E-state index contributed by atoms with van der Waals surface area (Å²) >= 11 is -1.94. The van der Waals surface area contributed by atoms with Crippen LogP contribution in [0, 0.1) is 5.92 Å². The molecule has 0 radical (unpaired) electrons. The van der Waals surface area contributed by atoms with Gasteiger partial charge in [0.1, 0.15) is 0 Å². The van der Waals surface area contributed by atoms with Crippen molar-refractivity contribution in [2.75, 3.05) is 0 Å². The van der Waals surface area contributed by atoms with E-state index >= 15 is 0 Å². The third-order valence-electron chi connectivity index (χ3n) is 5.98. The van der Waals surface area contributed by atoms with Gasteiger partial charge in [0.05, 0.1) is 0 Å². The summed E-state index contributed by atoms with van der Waals surface area (Å²) in [6, 6.07) is 22.4. The van der Waals surface area contributed by atoms with E-state index in [9.17, 15) is 0 Å². The van der Waals surface area contributed by atoms with Gasteiger partial charge in [-0.1, -0.05) is 0 Å². The fourth-order valence-electron chi connectivity index (χ4n) is 4.32. The van der Waals surface area contributed by atoms with Gasteiger partial charge in [0, 0.05) is 0 Å². The molecule has 0 aliphatic heterocycles. The monoisotopic (exact) mass is 425 g/mol. The van der Waals surface area contributed by atoms with Gasteiger partial charge in [0.2, 0.25) is 0 Å². The summed E-state index contributed by atoms with van der Waals surface area (Å²) in [6.07, 6.45) is 8.34. The standard InChI is InChI=1S/C26H39Ge/c1-4-7-20-27(21-8-5-2,22-9-6-3)23-26(24-16-12-10-13-17-24)25-18-14-11-15-19-25/h10-19H,4-9,20-23H2,1-3H3/q+1. The van der Waals surface area contributed by atoms with E-state index in [1.54, 1.807) is 21.7 Å². The second-order valence-electron chi connectivity index (χ2n) is 8.20. The van der Waals surface area contributed by atoms with Crippen LogP contribution in [0.5, 0.6) is 0 Å². The van der Waals surface area contributed by atoms with Crippen LogP contribution in [-0.2, 0) is 0 Å². The van der Waals surface area contributed by atoms with Gasteiger partial charge in [-0.25, -0.2) is 0 Å². The summed E-state index contributed by atoms with van der Waals surface area (Å²) < 4.78 is 0. The zero-order chi connectivity index (χ0) is 19.4. The first-order valence-electron chi connectivity index (χ1n) is 11.2. The van der Waals surface area contributed by atoms with E-state index in [1.165, 1.54) is 54.9 Å². The molecule has 0 aliphatic rings. The Morgan fingerprint density at radius 1 is 0.593 bits per heavy atom. The summed E-state index contributed by atoms with van der Waals surface area (Å²) in [5.41, 5.74) is 2.89. The van der Waals surface area contributed by atoms with Crippen LogP contribution in [0.2, 0.25) is 21.0 Å². The molecule has 0 unspecified atom stereocenters. The molecule has 0 fully saturated rings. The van der Waals surface area contributed by atoms with Crippen LogP contribution in [0.25, 0.3) is 0 Å². The first-order chi connectivity index (χ1) is 13.2. The maximum atomic E-state index is 2.37. The van der Waals surface area contributed by atoms with Crippen molar-refractivity contribution >= 4 is 13.3 Å². The molecule has 0 spiro atoms. The minimum atomic E-state index is -1.94. The Morgan fingerprint density at radius 3 is 1.30 bits per heavy atom. The van der Waals surface area contributed by atoms with Crippen LogP contribution in [0.1, 0.15) is 70.4 Å². The Morgan fingerprint density at radius 2 is 0.963 bits per heavy atom. The molecule has 1 heteroatoms. The normalized spacial score (nSPS) is 11.5. The van der Waals surface area contributed by atoms with Gasteiger partial charge in [-0.05, 0) is 0 Å². The van der Waals surface area contributed by atoms with Gasteiger partial charge in [0.25, 0.3) is 0 Å². The quantitative estimate of drug-likeness (QED) is 0.223. The third-order valence-corrected chi connectivity index (χ3v) is 17.2. The van der Waals surface area contributed by atoms with Gasteiger partial charge in [-0.2, -0.15) is 0 Å². The molecule has 0 amide bonds. The van der Waals surface area contributed by atoms with Crippen molar-refractivity contribution in [1.29, 1.82) is 0 Å². The molecule has 2 rings (SSSR count). The van der Waals surface area contributed by atoms with Gasteiger partial charge < -0.3 is 0 Å². The van der Waals surface area contributed by atoms with Crippen LogP contribution in [0.15, 0.2) is 60.7 Å². The van der Waals surface area contributed by atoms with Crippen molar-refractivity contribution in [1.82, 2.24) is 0 Å². The molecule has 27 heavy (non-hydrogen) atoms. The van der Waals surface area contributed by atoms with Gasteiger partial charge in [-0.3, -0.25) is 0 Å². The minimum absolute atomic E-state index is 1.34. The first-order valence-corrected chi connectivity index (χ1v) is 17.1. The SMILES string of the molecule is CCC[CH2][Ge]([CH2]CCC)([CH2]CCC)[CH2][C+](c1ccccc1)c1ccccc1. The average molecular weight is 424 g/mol. The number of benzene rings is 2. The van der Waals surface area contributed by atoms with Crippen LogP contribution in [0.4, 0.5) is 0 Å². The van der Waals surface area contributed by atoms with Crippen molar-refractivity contribution < 1.29 is 0 Å². The summed E-state index contributed by atoms with van der Waals surface area (Å²) in [7, 11) is 0. The van der Waals surface area contributed by atoms with Crippen molar-refractivity contribution in [2.24, 2.45) is 0 Å². The van der Waals surface area contributed by atoms with E-state index in [2.05, 4.69) is 81.4 Å². The van der Waals surface area contributed by atoms with Crippen molar-refractivity contribution in [3.8, 4) is 0 Å². The Kier molecular flexibility index (Phi) is 10.1. The molecule has 2 aromatic rings. The van der Waals surface area contributed by atoms with Crippen LogP contribution < -0.4 is 0 Å². The van der Waals surface area contributed by atoms with E-state index in [4.69, 9.17) is 0 Å². The molecule has 0 aromatic heterocycles. The first kappa shape index (κ1) is 22.1. The van der Waals surface area contributed by atoms with Crippen LogP contribution in [0.3, 0.4) is 0 Å². The molecule has 0 saturated carbocycles. The maximum absolute atomic E-state index is 2.37. The number of rotatable bonds is 13. The van der Waals surface area contributed by atoms with Gasteiger partial charge in [-0.15, -0.1) is 0 Å². The van der Waals surface area contributed by atoms with Gasteiger partial charge >= 0.3 is 171 Å². The molecule has 0 saturated heterocycles. The second kappa shape index (κ2) is 12.3. The zero-order valence-corrected chi connectivity index (χ0v) is 19.9. The molecule has 2 aromatic carbocycles. The molecule has 0 nitrogen and oxygen atoms in total. The van der Waals surface area contributed by atoms with Crippen LogP contribution in [-0.4, -0.2) is 13.3 Å². The van der Waals surface area contributed by atoms with Crippen molar-refractivity contribution in [3.63, 3.8) is 0 Å². The Hall–Kier alpha value is -1.15. The van der Waals surface area contributed by atoms with E-state index in [0.29, 0.717) is 0 Å². The molecular weight excluding hydrogens is 385 g/mol. The third kappa shape index (κ3) is 7.07. The molecule has 146 valence electrons. The fourth-order valence-corrected chi connectivity index (χ4v) is 16.4. The Labute approximate surface area is 171 Å². The summed E-state index contributed by atoms with van der Waals surface area (Å²) in [4.78, 5) is 0. The van der Waals surface area contributed by atoms with E-state index in [1.807, 2.05) is 0 Å². The van der Waals surface area contributed by atoms with E-state index in [-0.39, 0.29) is 0 Å². The average Bonchev–Trinajstić information content (AvgIpc) is 2.74. The van der Waals surface area contributed by atoms with Crippen molar-refractivity contribution in [3.05, 3.63) is 77.7 Å². The summed E-state index contributed by atoms with van der Waals surface area (Å²) in [5.74, 6) is 1.62. The van der Waals surface area contributed by atoms with E-state index < -0.39 is 13.3 Å². The molecule has 0 heterocycles. The summed E-state index contributed by atoms with van der Waals surface area (Å²) in [5, 5.41) is 6.06. The second-order valence-corrected chi connectivity index (χ2v) is 18.4. The van der Waals surface area contributed by atoms with Crippen molar-refractivity contribution in [2.45, 2.75) is 80.3 Å². The Bertz CT molecular complexity index is 543. The Balaban J connectivity index is 2.37. The summed E-state index contributed by atoms with van der Waals surface area (Å²) in [6.45, 7) is 7.10. The predicted molar refractivity (Wildman–Crippen MR) is 124 cm³/mol.